The minimum absolute atomic E-state index is 0.0576. The van der Waals surface area contributed by atoms with Gasteiger partial charge in [0.05, 0.1) is 24.9 Å². The quantitative estimate of drug-likeness (QED) is 0.440. The van der Waals surface area contributed by atoms with Crippen molar-refractivity contribution in [1.29, 1.82) is 0 Å². The summed E-state index contributed by atoms with van der Waals surface area (Å²) in [5.41, 5.74) is -0.184. The number of aliphatic hydroxyl groups is 1. The van der Waals surface area contributed by atoms with E-state index >= 15 is 0 Å². The third-order valence-corrected chi connectivity index (χ3v) is 6.45. The standard InChI is InChI=1S/C18H24N2O4S/c1-24-16(21)10-6-5-9-15-18(23)14(12-25-15)19-17(22)20(18)11-13-7-3-2-4-8-13/h2-4,7-8,14-15,23H,5-6,9-12H2,1H3,(H,19,22)/t14-,15+,18+/m0/s1. The zero-order chi connectivity index (χ0) is 17.9. The molecule has 1 aromatic carbocycles. The largest absolute Gasteiger partial charge is 0.469 e. The van der Waals surface area contributed by atoms with Crippen LogP contribution in [0.25, 0.3) is 0 Å². The summed E-state index contributed by atoms with van der Waals surface area (Å²) in [4.78, 5) is 25.2. The van der Waals surface area contributed by atoms with Gasteiger partial charge < -0.3 is 15.2 Å². The Morgan fingerprint density at radius 1 is 1.40 bits per heavy atom. The molecule has 6 nitrogen and oxygen atoms in total. The van der Waals surface area contributed by atoms with Crippen molar-refractivity contribution in [2.45, 2.75) is 49.2 Å². The van der Waals surface area contributed by atoms with Crippen molar-refractivity contribution in [3.8, 4) is 0 Å². The molecular weight excluding hydrogens is 340 g/mol. The second-order valence-electron chi connectivity index (χ2n) is 6.50. The summed E-state index contributed by atoms with van der Waals surface area (Å²) in [6.45, 7) is 0.388. The van der Waals surface area contributed by atoms with Crippen LogP contribution in [0, 0.1) is 0 Å². The van der Waals surface area contributed by atoms with Crippen LogP contribution in [0.3, 0.4) is 0 Å². The van der Waals surface area contributed by atoms with Crippen molar-refractivity contribution >= 4 is 23.8 Å². The number of nitrogens with zero attached hydrogens (tertiary/aromatic N) is 1. The Bertz CT molecular complexity index is 627. The van der Waals surface area contributed by atoms with Crippen molar-refractivity contribution in [3.05, 3.63) is 35.9 Å². The van der Waals surface area contributed by atoms with E-state index in [1.165, 1.54) is 7.11 Å². The maximum Gasteiger partial charge on any atom is 0.320 e. The molecule has 0 aliphatic carbocycles. The molecule has 2 aliphatic rings. The van der Waals surface area contributed by atoms with Crippen molar-refractivity contribution in [3.63, 3.8) is 0 Å². The van der Waals surface area contributed by atoms with Gasteiger partial charge in [-0.2, -0.15) is 11.8 Å². The lowest BCUT2D eigenvalue weighted by molar-refractivity contribution is -0.140. The van der Waals surface area contributed by atoms with Crippen molar-refractivity contribution < 1.29 is 19.4 Å². The summed E-state index contributed by atoms with van der Waals surface area (Å²) in [6, 6.07) is 9.24. The predicted octanol–water partition coefficient (Wildman–Crippen LogP) is 2.12. The van der Waals surface area contributed by atoms with Crippen LogP contribution in [0.4, 0.5) is 4.79 Å². The topological polar surface area (TPSA) is 78.9 Å². The maximum absolute atomic E-state index is 12.4. The van der Waals surface area contributed by atoms with Crippen LogP contribution in [0.15, 0.2) is 30.3 Å². The highest BCUT2D eigenvalue weighted by Crippen LogP contribution is 2.44. The van der Waals surface area contributed by atoms with Gasteiger partial charge in [0.1, 0.15) is 0 Å². The highest BCUT2D eigenvalue weighted by Gasteiger charge is 2.60. The van der Waals surface area contributed by atoms with E-state index in [0.717, 1.165) is 24.8 Å². The number of urea groups is 1. The Labute approximate surface area is 151 Å². The van der Waals surface area contributed by atoms with Crippen LogP contribution in [-0.2, 0) is 16.1 Å². The maximum atomic E-state index is 12.4. The lowest BCUT2D eigenvalue weighted by Gasteiger charge is -2.36. The van der Waals surface area contributed by atoms with Crippen molar-refractivity contribution in [2.75, 3.05) is 12.9 Å². The van der Waals surface area contributed by atoms with Gasteiger partial charge in [-0.1, -0.05) is 36.8 Å². The van der Waals surface area contributed by atoms with Gasteiger partial charge in [-0.3, -0.25) is 9.69 Å². The van der Waals surface area contributed by atoms with E-state index in [9.17, 15) is 14.7 Å². The monoisotopic (exact) mass is 364 g/mol. The number of hydrogen-bond acceptors (Lipinski definition) is 5. The number of carbonyl (C=O) groups is 2. The zero-order valence-corrected chi connectivity index (χ0v) is 15.1. The average Bonchev–Trinajstić information content (AvgIpc) is 3.05. The molecule has 3 rings (SSSR count). The van der Waals surface area contributed by atoms with Crippen LogP contribution < -0.4 is 5.32 Å². The van der Waals surface area contributed by atoms with Gasteiger partial charge in [0.25, 0.3) is 0 Å². The third-order valence-electron chi connectivity index (χ3n) is 4.93. The first kappa shape index (κ1) is 18.1. The summed E-state index contributed by atoms with van der Waals surface area (Å²) in [7, 11) is 1.39. The Morgan fingerprint density at radius 2 is 2.16 bits per heavy atom. The van der Waals surface area contributed by atoms with E-state index in [0.29, 0.717) is 18.7 Å². The fourth-order valence-corrected chi connectivity index (χ4v) is 5.17. The van der Waals surface area contributed by atoms with Gasteiger partial charge in [-0.05, 0) is 18.4 Å². The first-order valence-corrected chi connectivity index (χ1v) is 9.63. The first-order chi connectivity index (χ1) is 12.1. The highest BCUT2D eigenvalue weighted by molar-refractivity contribution is 8.00. The van der Waals surface area contributed by atoms with E-state index in [1.54, 1.807) is 16.7 Å². The molecule has 2 saturated heterocycles. The van der Waals surface area contributed by atoms with Crippen molar-refractivity contribution in [2.24, 2.45) is 0 Å². The number of nitrogens with one attached hydrogen (secondary N) is 1. The molecule has 25 heavy (non-hydrogen) atoms. The number of esters is 1. The summed E-state index contributed by atoms with van der Waals surface area (Å²) in [5.74, 6) is 0.494. The smallest absolute Gasteiger partial charge is 0.320 e. The van der Waals surface area contributed by atoms with Crippen LogP contribution >= 0.6 is 11.8 Å². The minimum atomic E-state index is -1.18. The zero-order valence-electron chi connectivity index (χ0n) is 14.3. The van der Waals surface area contributed by atoms with Gasteiger partial charge in [-0.15, -0.1) is 0 Å². The number of hydrogen-bond donors (Lipinski definition) is 2. The molecule has 0 saturated carbocycles. The number of benzene rings is 1. The lowest BCUT2D eigenvalue weighted by Crippen LogP contribution is -2.55. The summed E-state index contributed by atoms with van der Waals surface area (Å²) in [5, 5.41) is 14.2. The molecule has 1 aromatic rings. The molecule has 2 fully saturated rings. The second kappa shape index (κ2) is 7.66. The van der Waals surface area contributed by atoms with Gasteiger partial charge >= 0.3 is 12.0 Å². The number of thioether (sulfide) groups is 1. The molecule has 2 heterocycles. The van der Waals surface area contributed by atoms with Gasteiger partial charge in [0, 0.05) is 12.2 Å². The molecular formula is C18H24N2O4S. The summed E-state index contributed by atoms with van der Waals surface area (Å²) < 4.78 is 4.65. The number of fused-ring (bicyclic) bond motifs is 1. The van der Waals surface area contributed by atoms with E-state index in [2.05, 4.69) is 10.1 Å². The van der Waals surface area contributed by atoms with E-state index in [1.807, 2.05) is 30.3 Å². The van der Waals surface area contributed by atoms with E-state index in [-0.39, 0.29) is 23.3 Å². The van der Waals surface area contributed by atoms with Gasteiger partial charge in [0.2, 0.25) is 0 Å². The molecule has 2 aliphatic heterocycles. The molecule has 0 aromatic heterocycles. The van der Waals surface area contributed by atoms with Crippen LogP contribution in [0.2, 0.25) is 0 Å². The molecule has 0 bridgehead atoms. The average molecular weight is 364 g/mol. The van der Waals surface area contributed by atoms with E-state index in [4.69, 9.17) is 0 Å². The minimum Gasteiger partial charge on any atom is -0.469 e. The molecule has 0 radical (unpaired) electrons. The van der Waals surface area contributed by atoms with Gasteiger partial charge in [-0.25, -0.2) is 4.79 Å². The number of methoxy groups -OCH3 is 1. The van der Waals surface area contributed by atoms with Crippen LogP contribution in [0.1, 0.15) is 31.2 Å². The number of rotatable bonds is 7. The highest BCUT2D eigenvalue weighted by atomic mass is 32.2. The Balaban J connectivity index is 1.65. The molecule has 0 unspecified atom stereocenters. The number of ether oxygens (including phenoxy) is 1. The molecule has 2 amide bonds. The molecule has 0 spiro atoms. The lowest BCUT2D eigenvalue weighted by atomic mass is 9.97. The van der Waals surface area contributed by atoms with Crippen LogP contribution in [0.5, 0.6) is 0 Å². The SMILES string of the molecule is COC(=O)CCCC[C@H]1SC[C@@H]2NC(=O)N(Cc3ccccc3)[C@@]21O. The summed E-state index contributed by atoms with van der Waals surface area (Å²) >= 11 is 1.69. The number of carbonyl (C=O) groups excluding carboxylic acids is 2. The molecule has 3 atom stereocenters. The van der Waals surface area contributed by atoms with Crippen LogP contribution in [-0.4, -0.2) is 51.9 Å². The van der Waals surface area contributed by atoms with Gasteiger partial charge in [0.15, 0.2) is 5.72 Å². The second-order valence-corrected chi connectivity index (χ2v) is 7.74. The molecule has 2 N–H and O–H groups in total. The fourth-order valence-electron chi connectivity index (χ4n) is 3.54. The Morgan fingerprint density at radius 3 is 2.88 bits per heavy atom. The van der Waals surface area contributed by atoms with E-state index < -0.39 is 5.72 Å². The first-order valence-electron chi connectivity index (χ1n) is 8.58. The molecule has 7 heteroatoms. The van der Waals surface area contributed by atoms with Crippen molar-refractivity contribution in [1.82, 2.24) is 10.2 Å². The normalized spacial score (nSPS) is 27.9. The third kappa shape index (κ3) is 3.62. The molecule has 136 valence electrons. The summed E-state index contributed by atoms with van der Waals surface area (Å²) in [6.07, 6.45) is 2.69. The predicted molar refractivity (Wildman–Crippen MR) is 96.0 cm³/mol. The number of unbranched alkanes of at least 4 members (excludes halogenated alkanes) is 1. The number of amides is 2. The Hall–Kier alpha value is -1.73. The Kier molecular flexibility index (Phi) is 5.54. The fraction of sp³-hybridized carbons (Fsp3) is 0.556.